The van der Waals surface area contributed by atoms with Gasteiger partial charge in [0.2, 0.25) is 0 Å². The maximum Gasteiger partial charge on any atom is 0.263 e. The van der Waals surface area contributed by atoms with E-state index in [-0.39, 0.29) is 5.39 Å². The zero-order valence-electron chi connectivity index (χ0n) is 16.6. The van der Waals surface area contributed by atoms with Crippen molar-refractivity contribution in [2.75, 3.05) is 5.32 Å². The highest BCUT2D eigenvalue weighted by Crippen LogP contribution is 2.32. The Morgan fingerprint density at radius 2 is 1.88 bits per heavy atom. The van der Waals surface area contributed by atoms with E-state index >= 15 is 0 Å². The molecule has 0 bridgehead atoms. The first-order valence-corrected chi connectivity index (χ1v) is 10.4. The van der Waals surface area contributed by atoms with E-state index in [4.69, 9.17) is 23.2 Å². The van der Waals surface area contributed by atoms with E-state index < -0.39 is 17.4 Å². The normalized spacial score (nSPS) is 12.4. The summed E-state index contributed by atoms with van der Waals surface area (Å²) in [6.45, 7) is 1.87. The number of anilines is 1. The Kier molecular flexibility index (Phi) is 5.03. The second-order valence-corrected chi connectivity index (χ2v) is 8.01. The maximum atomic E-state index is 13.9. The minimum Gasteiger partial charge on any atom is -0.360 e. The van der Waals surface area contributed by atoms with Crippen LogP contribution in [0, 0.1) is 5.82 Å². The fourth-order valence-corrected chi connectivity index (χ4v) is 4.27. The molecule has 0 amide bonds. The van der Waals surface area contributed by atoms with Crippen LogP contribution >= 0.6 is 23.2 Å². The zero-order valence-corrected chi connectivity index (χ0v) is 18.1. The van der Waals surface area contributed by atoms with Gasteiger partial charge >= 0.3 is 0 Å². The average molecular weight is 469 g/mol. The van der Waals surface area contributed by atoms with Crippen molar-refractivity contribution in [2.24, 2.45) is 0 Å². The quantitative estimate of drug-likeness (QED) is 0.374. The molecule has 0 aliphatic carbocycles. The van der Waals surface area contributed by atoms with Crippen molar-refractivity contribution in [3.63, 3.8) is 0 Å². The lowest BCUT2D eigenvalue weighted by molar-refractivity contribution is 0.629. The minimum atomic E-state index is -0.507. The molecule has 2 aromatic carbocycles. The molecule has 3 heterocycles. The van der Waals surface area contributed by atoms with Crippen molar-refractivity contribution in [2.45, 2.75) is 13.0 Å². The second-order valence-electron chi connectivity index (χ2n) is 7.20. The third kappa shape index (κ3) is 3.37. The molecular formula is C22H15Cl2FN6O. The molecule has 0 radical (unpaired) electrons. The topological polar surface area (TPSA) is 88.5 Å². The van der Waals surface area contributed by atoms with E-state index in [0.29, 0.717) is 43.8 Å². The molecule has 0 saturated heterocycles. The number of hydrogen-bond donors (Lipinski definition) is 2. The largest absolute Gasteiger partial charge is 0.360 e. The monoisotopic (exact) mass is 468 g/mol. The highest BCUT2D eigenvalue weighted by atomic mass is 35.5. The van der Waals surface area contributed by atoms with Crippen LogP contribution in [-0.2, 0) is 0 Å². The Labute approximate surface area is 190 Å². The molecule has 0 unspecified atom stereocenters. The number of benzene rings is 2. The number of rotatable bonds is 4. The number of aromatic amines is 1. The number of pyridine rings is 1. The molecular weight excluding hydrogens is 454 g/mol. The van der Waals surface area contributed by atoms with Gasteiger partial charge in [-0.15, -0.1) is 0 Å². The highest BCUT2D eigenvalue weighted by molar-refractivity contribution is 6.37. The molecule has 0 aliphatic rings. The number of hydrogen-bond acceptors (Lipinski definition) is 5. The smallest absolute Gasteiger partial charge is 0.263 e. The lowest BCUT2D eigenvalue weighted by Crippen LogP contribution is -2.26. The summed E-state index contributed by atoms with van der Waals surface area (Å²) in [4.78, 5) is 29.2. The van der Waals surface area contributed by atoms with Crippen molar-refractivity contribution in [1.29, 1.82) is 0 Å². The number of halogens is 3. The van der Waals surface area contributed by atoms with Crippen LogP contribution in [0.15, 0.2) is 59.9 Å². The van der Waals surface area contributed by atoms with Gasteiger partial charge in [-0.25, -0.2) is 19.3 Å². The van der Waals surface area contributed by atoms with Crippen LogP contribution in [-0.4, -0.2) is 24.5 Å². The maximum absolute atomic E-state index is 13.9. The molecule has 0 saturated carbocycles. The molecule has 32 heavy (non-hydrogen) atoms. The number of aromatic nitrogens is 5. The lowest BCUT2D eigenvalue weighted by Gasteiger charge is -2.22. The second kappa shape index (κ2) is 7.89. The molecule has 5 rings (SSSR count). The van der Waals surface area contributed by atoms with Crippen molar-refractivity contribution >= 4 is 51.0 Å². The molecule has 3 aromatic heterocycles. The summed E-state index contributed by atoms with van der Waals surface area (Å²) in [5, 5.41) is 4.68. The van der Waals surface area contributed by atoms with E-state index in [1.807, 2.05) is 6.92 Å². The van der Waals surface area contributed by atoms with E-state index in [0.717, 1.165) is 0 Å². The fraction of sp³-hybridized carbons (Fsp3) is 0.0909. The Morgan fingerprint density at radius 1 is 1.09 bits per heavy atom. The molecule has 5 aromatic rings. The first-order chi connectivity index (χ1) is 15.4. The first kappa shape index (κ1) is 20.4. The van der Waals surface area contributed by atoms with Gasteiger partial charge in [0.15, 0.2) is 11.5 Å². The number of para-hydroxylation sites is 1. The lowest BCUT2D eigenvalue weighted by atomic mass is 10.1. The first-order valence-electron chi connectivity index (χ1n) is 9.64. The van der Waals surface area contributed by atoms with Crippen LogP contribution < -0.4 is 10.9 Å². The van der Waals surface area contributed by atoms with Crippen molar-refractivity contribution in [1.82, 2.24) is 24.5 Å². The van der Waals surface area contributed by atoms with E-state index in [2.05, 4.69) is 25.3 Å². The van der Waals surface area contributed by atoms with Gasteiger partial charge < -0.3 is 10.3 Å². The fourth-order valence-electron chi connectivity index (χ4n) is 3.70. The van der Waals surface area contributed by atoms with E-state index in [1.54, 1.807) is 30.3 Å². The molecule has 0 fully saturated rings. The van der Waals surface area contributed by atoms with Crippen LogP contribution in [0.2, 0.25) is 10.0 Å². The van der Waals surface area contributed by atoms with Gasteiger partial charge in [-0.3, -0.25) is 9.36 Å². The Morgan fingerprint density at radius 3 is 2.66 bits per heavy atom. The molecule has 2 N–H and O–H groups in total. The molecule has 160 valence electrons. The van der Waals surface area contributed by atoms with Gasteiger partial charge in [-0.05, 0) is 42.6 Å². The number of H-pyrrole nitrogens is 1. The van der Waals surface area contributed by atoms with Crippen molar-refractivity contribution < 1.29 is 4.39 Å². The Bertz CT molecular complexity index is 1530. The van der Waals surface area contributed by atoms with Gasteiger partial charge in [-0.1, -0.05) is 35.3 Å². The Hall–Kier alpha value is -3.49. The molecule has 7 nitrogen and oxygen atoms in total. The van der Waals surface area contributed by atoms with Crippen LogP contribution in [0.5, 0.6) is 0 Å². The minimum absolute atomic E-state index is 0.216. The SMILES string of the molecule is C[C@H](Nc1ncnc2[nH]cnc12)c1cc2ccc(F)cc2c(=O)n1-c1c(Cl)cccc1Cl. The Balaban J connectivity index is 1.75. The number of nitrogens with one attached hydrogen (secondary N) is 2. The number of nitrogens with zero attached hydrogens (tertiary/aromatic N) is 4. The van der Waals surface area contributed by atoms with Gasteiger partial charge in [0, 0.05) is 5.69 Å². The summed E-state index contributed by atoms with van der Waals surface area (Å²) >= 11 is 12.9. The zero-order chi connectivity index (χ0) is 22.4. The number of fused-ring (bicyclic) bond motifs is 2. The predicted molar refractivity (Wildman–Crippen MR) is 123 cm³/mol. The summed E-state index contributed by atoms with van der Waals surface area (Å²) in [6, 6.07) is 10.4. The van der Waals surface area contributed by atoms with E-state index in [1.165, 1.54) is 29.4 Å². The highest BCUT2D eigenvalue weighted by Gasteiger charge is 2.21. The van der Waals surface area contributed by atoms with Gasteiger partial charge in [-0.2, -0.15) is 0 Å². The summed E-state index contributed by atoms with van der Waals surface area (Å²) in [7, 11) is 0. The van der Waals surface area contributed by atoms with Crippen LogP contribution in [0.1, 0.15) is 18.7 Å². The van der Waals surface area contributed by atoms with Crippen LogP contribution in [0.3, 0.4) is 0 Å². The molecule has 10 heteroatoms. The summed E-state index contributed by atoms with van der Waals surface area (Å²) in [6.07, 6.45) is 2.94. The standard InChI is InChI=1S/C22H15Cl2FN6O/c1-11(30-21-18-20(27-9-26-18)28-10-29-21)17-7-12-5-6-13(25)8-14(12)22(32)31(17)19-15(23)3-2-4-16(19)24/h2-11H,1H3,(H2,26,27,28,29,30)/t11-/m0/s1. The summed E-state index contributed by atoms with van der Waals surface area (Å²) in [5.74, 6) is -0.0144. The van der Waals surface area contributed by atoms with Gasteiger partial charge in [0.25, 0.3) is 5.56 Å². The van der Waals surface area contributed by atoms with Crippen LogP contribution in [0.4, 0.5) is 10.2 Å². The van der Waals surface area contributed by atoms with Gasteiger partial charge in [0.05, 0.1) is 33.5 Å². The predicted octanol–water partition coefficient (Wildman–Crippen LogP) is 5.28. The molecule has 1 atom stereocenters. The van der Waals surface area contributed by atoms with Crippen LogP contribution in [0.25, 0.3) is 27.6 Å². The van der Waals surface area contributed by atoms with Crippen molar-refractivity contribution in [3.05, 3.63) is 87.0 Å². The third-order valence-electron chi connectivity index (χ3n) is 5.19. The number of imidazole rings is 1. The molecule has 0 spiro atoms. The third-order valence-corrected chi connectivity index (χ3v) is 5.80. The summed E-state index contributed by atoms with van der Waals surface area (Å²) < 4.78 is 15.3. The van der Waals surface area contributed by atoms with Crippen molar-refractivity contribution in [3.8, 4) is 5.69 Å². The summed E-state index contributed by atoms with van der Waals surface area (Å²) in [5.41, 5.74) is 1.59. The average Bonchev–Trinajstić information content (AvgIpc) is 3.25. The van der Waals surface area contributed by atoms with Gasteiger partial charge in [0.1, 0.15) is 17.7 Å². The van der Waals surface area contributed by atoms with E-state index in [9.17, 15) is 9.18 Å². The molecule has 0 aliphatic heterocycles.